The first kappa shape index (κ1) is 16.4. The van der Waals surface area contributed by atoms with Crippen LogP contribution >= 0.6 is 0 Å². The summed E-state index contributed by atoms with van der Waals surface area (Å²) in [5.74, 6) is 5.03. The van der Waals surface area contributed by atoms with E-state index in [9.17, 15) is 9.90 Å². The summed E-state index contributed by atoms with van der Waals surface area (Å²) in [4.78, 5) is 15.1. The molecule has 0 radical (unpaired) electrons. The number of hydrogen-bond acceptors (Lipinski definition) is 6. The van der Waals surface area contributed by atoms with Crippen LogP contribution in [0.4, 0.5) is 0 Å². The highest BCUT2D eigenvalue weighted by Crippen LogP contribution is 2.31. The third-order valence-corrected chi connectivity index (χ3v) is 3.49. The van der Waals surface area contributed by atoms with Crippen LogP contribution in [0.25, 0.3) is 0 Å². The fraction of sp³-hybridized carbons (Fsp3) is 0.643. The quantitative estimate of drug-likeness (QED) is 0.476. The standard InChI is InChI=1S/C14H20N4O4/c15-12(20)13-16-11(18(17-13)10-22-9-8-19)4-3-7-14(21)5-1-2-6-14/h19,21H,1-2,5-10H2,(H2,15,20). The number of primary amides is 1. The van der Waals surface area contributed by atoms with Gasteiger partial charge in [0.05, 0.1) is 18.8 Å². The minimum absolute atomic E-state index is 0.00905. The molecule has 22 heavy (non-hydrogen) atoms. The van der Waals surface area contributed by atoms with Gasteiger partial charge in [0.1, 0.15) is 6.73 Å². The van der Waals surface area contributed by atoms with E-state index in [1.54, 1.807) is 0 Å². The third-order valence-electron chi connectivity index (χ3n) is 3.49. The number of hydrogen-bond donors (Lipinski definition) is 3. The number of aromatic nitrogens is 3. The molecule has 1 fully saturated rings. The monoisotopic (exact) mass is 308 g/mol. The van der Waals surface area contributed by atoms with E-state index in [2.05, 4.69) is 21.9 Å². The molecule has 8 heteroatoms. The molecule has 0 unspecified atom stereocenters. The van der Waals surface area contributed by atoms with Crippen molar-refractivity contribution in [3.05, 3.63) is 11.6 Å². The van der Waals surface area contributed by atoms with Gasteiger partial charge in [-0.05, 0) is 18.8 Å². The zero-order valence-electron chi connectivity index (χ0n) is 12.3. The number of carbonyl (C=O) groups excluding carboxylic acids is 1. The van der Waals surface area contributed by atoms with E-state index < -0.39 is 11.5 Å². The van der Waals surface area contributed by atoms with Crippen molar-refractivity contribution in [3.8, 4) is 11.8 Å². The third kappa shape index (κ3) is 4.27. The topological polar surface area (TPSA) is 123 Å². The first-order valence-electron chi connectivity index (χ1n) is 7.18. The van der Waals surface area contributed by atoms with Crippen molar-refractivity contribution in [1.29, 1.82) is 0 Å². The van der Waals surface area contributed by atoms with Crippen molar-refractivity contribution < 1.29 is 19.7 Å². The van der Waals surface area contributed by atoms with E-state index in [0.29, 0.717) is 6.42 Å². The lowest BCUT2D eigenvalue weighted by atomic mass is 9.99. The molecule has 0 bridgehead atoms. The maximum Gasteiger partial charge on any atom is 0.288 e. The molecule has 0 aliphatic heterocycles. The molecule has 1 aliphatic rings. The van der Waals surface area contributed by atoms with Gasteiger partial charge in [-0.3, -0.25) is 4.79 Å². The van der Waals surface area contributed by atoms with Crippen molar-refractivity contribution in [2.75, 3.05) is 13.2 Å². The fourth-order valence-corrected chi connectivity index (χ4v) is 2.34. The van der Waals surface area contributed by atoms with Crippen LogP contribution in [-0.2, 0) is 11.5 Å². The Balaban J connectivity index is 2.09. The lowest BCUT2D eigenvalue weighted by molar-refractivity contribution is 0.0411. The van der Waals surface area contributed by atoms with Gasteiger partial charge < -0.3 is 20.7 Å². The van der Waals surface area contributed by atoms with Crippen LogP contribution in [0.1, 0.15) is 48.5 Å². The second-order valence-corrected chi connectivity index (χ2v) is 5.29. The van der Waals surface area contributed by atoms with Gasteiger partial charge in [-0.25, -0.2) is 4.68 Å². The summed E-state index contributed by atoms with van der Waals surface area (Å²) in [6.07, 6.45) is 3.87. The molecule has 2 rings (SSSR count). The van der Waals surface area contributed by atoms with Crippen LogP contribution in [0.5, 0.6) is 0 Å². The van der Waals surface area contributed by atoms with E-state index in [4.69, 9.17) is 15.6 Å². The molecular formula is C14H20N4O4. The first-order valence-corrected chi connectivity index (χ1v) is 7.18. The highest BCUT2D eigenvalue weighted by atomic mass is 16.5. The maximum atomic E-state index is 11.1. The largest absolute Gasteiger partial charge is 0.394 e. The predicted molar refractivity (Wildman–Crippen MR) is 76.5 cm³/mol. The first-order chi connectivity index (χ1) is 10.5. The molecule has 1 amide bonds. The highest BCUT2D eigenvalue weighted by molar-refractivity contribution is 5.88. The Labute approximate surface area is 128 Å². The van der Waals surface area contributed by atoms with Gasteiger partial charge in [-0.15, -0.1) is 5.10 Å². The molecule has 4 N–H and O–H groups in total. The normalized spacial score (nSPS) is 16.3. The second kappa shape index (κ2) is 7.35. The molecule has 8 nitrogen and oxygen atoms in total. The van der Waals surface area contributed by atoms with Gasteiger partial charge in [-0.1, -0.05) is 18.8 Å². The molecule has 120 valence electrons. The number of ether oxygens (including phenoxy) is 1. The van der Waals surface area contributed by atoms with E-state index in [-0.39, 0.29) is 31.6 Å². The van der Waals surface area contributed by atoms with Crippen LogP contribution < -0.4 is 5.73 Å². The average molecular weight is 308 g/mol. The second-order valence-electron chi connectivity index (χ2n) is 5.29. The van der Waals surface area contributed by atoms with Crippen molar-refractivity contribution in [2.45, 2.75) is 44.4 Å². The van der Waals surface area contributed by atoms with Crippen LogP contribution in [-0.4, -0.2) is 49.7 Å². The van der Waals surface area contributed by atoms with Crippen LogP contribution in [0, 0.1) is 11.8 Å². The maximum absolute atomic E-state index is 11.1. The van der Waals surface area contributed by atoms with Crippen LogP contribution in [0.3, 0.4) is 0 Å². The minimum Gasteiger partial charge on any atom is -0.394 e. The van der Waals surface area contributed by atoms with Gasteiger partial charge in [0, 0.05) is 6.42 Å². The zero-order valence-corrected chi connectivity index (χ0v) is 12.3. The van der Waals surface area contributed by atoms with Gasteiger partial charge in [-0.2, -0.15) is 4.98 Å². The molecule has 1 heterocycles. The van der Waals surface area contributed by atoms with E-state index in [0.717, 1.165) is 25.7 Å². The summed E-state index contributed by atoms with van der Waals surface area (Å²) in [5.41, 5.74) is 4.43. The predicted octanol–water partition coefficient (Wildman–Crippen LogP) is -0.610. The Morgan fingerprint density at radius 2 is 2.18 bits per heavy atom. The Hall–Kier alpha value is -1.95. The number of aliphatic hydroxyl groups excluding tert-OH is 1. The Morgan fingerprint density at radius 1 is 1.45 bits per heavy atom. The zero-order chi connectivity index (χ0) is 16.0. The van der Waals surface area contributed by atoms with Gasteiger partial charge >= 0.3 is 0 Å². The van der Waals surface area contributed by atoms with Crippen molar-refractivity contribution in [1.82, 2.24) is 14.8 Å². The summed E-state index contributed by atoms with van der Waals surface area (Å²) >= 11 is 0. The number of aliphatic hydroxyl groups is 2. The number of rotatable bonds is 6. The lowest BCUT2D eigenvalue weighted by Gasteiger charge is -2.17. The van der Waals surface area contributed by atoms with Crippen LogP contribution in [0.2, 0.25) is 0 Å². The summed E-state index contributed by atoms with van der Waals surface area (Å²) in [6, 6.07) is 0. The SMILES string of the molecule is NC(=O)c1nc(C#CCC2(O)CCCC2)n(COCCO)n1. The van der Waals surface area contributed by atoms with E-state index in [1.807, 2.05) is 0 Å². The molecule has 1 saturated carbocycles. The summed E-state index contributed by atoms with van der Waals surface area (Å²) < 4.78 is 6.45. The van der Waals surface area contributed by atoms with Crippen LogP contribution in [0.15, 0.2) is 0 Å². The molecule has 0 saturated heterocycles. The Bertz CT molecular complexity index is 581. The molecule has 1 aromatic rings. The van der Waals surface area contributed by atoms with Gasteiger partial charge in [0.25, 0.3) is 5.91 Å². The van der Waals surface area contributed by atoms with Crippen molar-refractivity contribution in [3.63, 3.8) is 0 Å². The molecule has 0 aromatic carbocycles. The Morgan fingerprint density at radius 3 is 2.82 bits per heavy atom. The smallest absolute Gasteiger partial charge is 0.288 e. The minimum atomic E-state index is -0.752. The van der Waals surface area contributed by atoms with Gasteiger partial charge in [0.2, 0.25) is 11.6 Å². The number of carbonyl (C=O) groups is 1. The fourth-order valence-electron chi connectivity index (χ4n) is 2.34. The van der Waals surface area contributed by atoms with E-state index in [1.165, 1.54) is 4.68 Å². The molecule has 0 atom stereocenters. The molecule has 1 aromatic heterocycles. The summed E-state index contributed by atoms with van der Waals surface area (Å²) in [6.45, 7) is 0.0267. The molecule has 0 spiro atoms. The summed E-state index contributed by atoms with van der Waals surface area (Å²) in [7, 11) is 0. The molecular weight excluding hydrogens is 288 g/mol. The van der Waals surface area contributed by atoms with Gasteiger partial charge in [0.15, 0.2) is 0 Å². The number of nitrogens with zero attached hydrogens (tertiary/aromatic N) is 3. The number of nitrogens with two attached hydrogens (primary N) is 1. The Kier molecular flexibility index (Phi) is 5.49. The van der Waals surface area contributed by atoms with Crippen molar-refractivity contribution in [2.24, 2.45) is 5.73 Å². The van der Waals surface area contributed by atoms with Crippen molar-refractivity contribution >= 4 is 5.91 Å². The van der Waals surface area contributed by atoms with E-state index >= 15 is 0 Å². The average Bonchev–Trinajstić information content (AvgIpc) is 3.07. The molecule has 1 aliphatic carbocycles. The highest BCUT2D eigenvalue weighted by Gasteiger charge is 2.29. The summed E-state index contributed by atoms with van der Waals surface area (Å²) in [5, 5.41) is 22.8. The number of amides is 1. The lowest BCUT2D eigenvalue weighted by Crippen LogP contribution is -2.22.